The van der Waals surface area contributed by atoms with Crippen LogP contribution in [0.15, 0.2) is 10.5 Å². The molecule has 0 heterocycles. The largest absolute Gasteiger partial charge is 0.205 e. The van der Waals surface area contributed by atoms with E-state index >= 15 is 0 Å². The van der Waals surface area contributed by atoms with Crippen LogP contribution >= 0.6 is 15.9 Å². The van der Waals surface area contributed by atoms with Crippen molar-refractivity contribution in [3.8, 4) is 0 Å². The van der Waals surface area contributed by atoms with Gasteiger partial charge in [0, 0.05) is 5.56 Å². The Bertz CT molecular complexity index is 283. The average Bonchev–Trinajstić information content (AvgIpc) is 2.02. The Morgan fingerprint density at radius 3 is 2.33 bits per heavy atom. The molecule has 0 saturated heterocycles. The molecular formula is C8H6BrF3. The van der Waals surface area contributed by atoms with E-state index in [4.69, 9.17) is 0 Å². The van der Waals surface area contributed by atoms with Gasteiger partial charge in [-0.25, -0.2) is 13.2 Å². The van der Waals surface area contributed by atoms with Gasteiger partial charge >= 0.3 is 0 Å². The molecule has 12 heavy (non-hydrogen) atoms. The molecule has 0 nitrogen and oxygen atoms in total. The van der Waals surface area contributed by atoms with E-state index in [1.807, 2.05) is 0 Å². The molecule has 0 atom stereocenters. The fourth-order valence-electron chi connectivity index (χ4n) is 0.933. The number of rotatable bonds is 1. The van der Waals surface area contributed by atoms with Crippen LogP contribution in [0, 0.1) is 17.5 Å². The Morgan fingerprint density at radius 1 is 1.25 bits per heavy atom. The summed E-state index contributed by atoms with van der Waals surface area (Å²) in [6, 6.07) is 0.782. The topological polar surface area (TPSA) is 0 Å². The van der Waals surface area contributed by atoms with Crippen molar-refractivity contribution >= 4 is 15.9 Å². The summed E-state index contributed by atoms with van der Waals surface area (Å²) < 4.78 is 38.4. The van der Waals surface area contributed by atoms with Crippen LogP contribution in [-0.4, -0.2) is 0 Å². The molecule has 0 aliphatic carbocycles. The smallest absolute Gasteiger partial charge is 0.164 e. The zero-order chi connectivity index (χ0) is 9.30. The van der Waals surface area contributed by atoms with Crippen LogP contribution < -0.4 is 0 Å². The molecule has 0 N–H and O–H groups in total. The van der Waals surface area contributed by atoms with Gasteiger partial charge in [-0.15, -0.1) is 0 Å². The SMILES string of the molecule is CCc1c(F)c(F)cc(Br)c1F. The maximum Gasteiger partial charge on any atom is 0.164 e. The Morgan fingerprint density at radius 2 is 1.83 bits per heavy atom. The molecule has 0 amide bonds. The van der Waals surface area contributed by atoms with Gasteiger partial charge in [0.25, 0.3) is 0 Å². The molecule has 0 radical (unpaired) electrons. The molecule has 0 bridgehead atoms. The summed E-state index contributed by atoms with van der Waals surface area (Å²) in [6.45, 7) is 1.56. The second-order valence-electron chi connectivity index (χ2n) is 2.30. The Labute approximate surface area is 76.5 Å². The summed E-state index contributed by atoms with van der Waals surface area (Å²) in [5.41, 5.74) is -0.220. The third-order valence-electron chi connectivity index (χ3n) is 1.56. The number of hydrogen-bond acceptors (Lipinski definition) is 0. The van der Waals surface area contributed by atoms with E-state index in [0.29, 0.717) is 0 Å². The lowest BCUT2D eigenvalue weighted by molar-refractivity contribution is 0.478. The van der Waals surface area contributed by atoms with E-state index in [2.05, 4.69) is 15.9 Å². The zero-order valence-electron chi connectivity index (χ0n) is 6.30. The van der Waals surface area contributed by atoms with Gasteiger partial charge in [0.15, 0.2) is 11.6 Å². The van der Waals surface area contributed by atoms with Gasteiger partial charge in [-0.1, -0.05) is 6.92 Å². The lowest BCUT2D eigenvalue weighted by atomic mass is 10.1. The van der Waals surface area contributed by atoms with Crippen molar-refractivity contribution in [2.75, 3.05) is 0 Å². The van der Waals surface area contributed by atoms with Crippen LogP contribution in [0.25, 0.3) is 0 Å². The summed E-state index contributed by atoms with van der Waals surface area (Å²) in [4.78, 5) is 0. The van der Waals surface area contributed by atoms with Crippen LogP contribution in [-0.2, 0) is 6.42 Å². The monoisotopic (exact) mass is 238 g/mol. The van der Waals surface area contributed by atoms with Gasteiger partial charge < -0.3 is 0 Å². The van der Waals surface area contributed by atoms with Gasteiger partial charge in [-0.3, -0.25) is 0 Å². The molecule has 0 aliphatic heterocycles. The lowest BCUT2D eigenvalue weighted by Crippen LogP contribution is -1.98. The second-order valence-corrected chi connectivity index (χ2v) is 3.15. The minimum absolute atomic E-state index is 0.0433. The molecule has 0 aromatic heterocycles. The number of benzene rings is 1. The van der Waals surface area contributed by atoms with Crippen LogP contribution in [0.5, 0.6) is 0 Å². The van der Waals surface area contributed by atoms with Crippen LogP contribution in [0.2, 0.25) is 0 Å². The summed E-state index contributed by atoms with van der Waals surface area (Å²) in [5.74, 6) is -2.85. The number of hydrogen-bond donors (Lipinski definition) is 0. The summed E-state index contributed by atoms with van der Waals surface area (Å²) in [7, 11) is 0. The maximum absolute atomic E-state index is 13.0. The predicted octanol–water partition coefficient (Wildman–Crippen LogP) is 3.43. The quantitative estimate of drug-likeness (QED) is 0.658. The Balaban J connectivity index is 3.42. The molecular weight excluding hydrogens is 233 g/mol. The van der Waals surface area contributed by atoms with E-state index in [9.17, 15) is 13.2 Å². The summed E-state index contributed by atoms with van der Waals surface area (Å²) in [6.07, 6.45) is 0.133. The lowest BCUT2D eigenvalue weighted by Gasteiger charge is -2.04. The van der Waals surface area contributed by atoms with Crippen LogP contribution in [0.4, 0.5) is 13.2 Å². The molecule has 0 fully saturated rings. The highest BCUT2D eigenvalue weighted by Gasteiger charge is 2.15. The first kappa shape index (κ1) is 9.58. The maximum atomic E-state index is 13.0. The van der Waals surface area contributed by atoms with Crippen LogP contribution in [0.3, 0.4) is 0 Å². The highest BCUT2D eigenvalue weighted by molar-refractivity contribution is 9.10. The number of halogens is 4. The molecule has 4 heteroatoms. The van der Waals surface area contributed by atoms with Gasteiger partial charge in [-0.05, 0) is 28.4 Å². The molecule has 0 unspecified atom stereocenters. The van der Waals surface area contributed by atoms with E-state index in [-0.39, 0.29) is 16.5 Å². The highest BCUT2D eigenvalue weighted by atomic mass is 79.9. The third-order valence-corrected chi connectivity index (χ3v) is 2.13. The third kappa shape index (κ3) is 1.48. The van der Waals surface area contributed by atoms with Gasteiger partial charge in [0.05, 0.1) is 4.47 Å². The van der Waals surface area contributed by atoms with Crippen molar-refractivity contribution in [3.05, 3.63) is 33.6 Å². The normalized spacial score (nSPS) is 10.4. The minimum atomic E-state index is -1.10. The molecule has 0 saturated carbocycles. The predicted molar refractivity (Wildman–Crippen MR) is 43.4 cm³/mol. The fraction of sp³-hybridized carbons (Fsp3) is 0.250. The van der Waals surface area contributed by atoms with Gasteiger partial charge in [-0.2, -0.15) is 0 Å². The van der Waals surface area contributed by atoms with E-state index in [0.717, 1.165) is 6.07 Å². The van der Waals surface area contributed by atoms with E-state index < -0.39 is 17.5 Å². The van der Waals surface area contributed by atoms with E-state index in [1.165, 1.54) is 0 Å². The standard InChI is InChI=1S/C8H6BrF3/c1-2-4-7(11)5(9)3-6(10)8(4)12/h3H,2H2,1H3. The summed E-state index contributed by atoms with van der Waals surface area (Å²) >= 11 is 2.79. The molecule has 66 valence electrons. The first-order valence-electron chi connectivity index (χ1n) is 3.39. The van der Waals surface area contributed by atoms with Crippen molar-refractivity contribution in [1.29, 1.82) is 0 Å². The van der Waals surface area contributed by atoms with Crippen molar-refractivity contribution in [1.82, 2.24) is 0 Å². The molecule has 1 aromatic carbocycles. The van der Waals surface area contributed by atoms with Crippen molar-refractivity contribution in [2.45, 2.75) is 13.3 Å². The molecule has 0 spiro atoms. The van der Waals surface area contributed by atoms with Gasteiger partial charge in [0.2, 0.25) is 0 Å². The Kier molecular flexibility index (Phi) is 2.77. The van der Waals surface area contributed by atoms with Crippen molar-refractivity contribution < 1.29 is 13.2 Å². The van der Waals surface area contributed by atoms with E-state index in [1.54, 1.807) is 6.92 Å². The molecule has 1 rings (SSSR count). The fourth-order valence-corrected chi connectivity index (χ4v) is 1.37. The van der Waals surface area contributed by atoms with Crippen LogP contribution in [0.1, 0.15) is 12.5 Å². The molecule has 1 aromatic rings. The Hall–Kier alpha value is -0.510. The van der Waals surface area contributed by atoms with Crippen molar-refractivity contribution in [3.63, 3.8) is 0 Å². The average molecular weight is 239 g/mol. The second kappa shape index (κ2) is 3.47. The summed E-state index contributed by atoms with van der Waals surface area (Å²) in [5, 5.41) is 0. The first-order chi connectivity index (χ1) is 5.57. The minimum Gasteiger partial charge on any atom is -0.205 e. The molecule has 0 aliphatic rings. The first-order valence-corrected chi connectivity index (χ1v) is 4.19. The highest BCUT2D eigenvalue weighted by Crippen LogP contribution is 2.24. The van der Waals surface area contributed by atoms with Gasteiger partial charge in [0.1, 0.15) is 5.82 Å². The zero-order valence-corrected chi connectivity index (χ0v) is 7.88. The van der Waals surface area contributed by atoms with Crippen molar-refractivity contribution in [2.24, 2.45) is 0 Å².